The Labute approximate surface area is 99.8 Å². The molecule has 3 nitrogen and oxygen atoms in total. The van der Waals surface area contributed by atoms with Gasteiger partial charge in [0.25, 0.3) is 0 Å². The van der Waals surface area contributed by atoms with Crippen LogP contribution in [-0.2, 0) is 5.92 Å². The van der Waals surface area contributed by atoms with Crippen molar-refractivity contribution in [3.05, 3.63) is 23.9 Å². The van der Waals surface area contributed by atoms with Crippen molar-refractivity contribution in [2.75, 3.05) is 32.0 Å². The van der Waals surface area contributed by atoms with E-state index in [1.165, 1.54) is 6.07 Å². The summed E-state index contributed by atoms with van der Waals surface area (Å²) in [5.74, 6) is -2.40. The number of aromatic nitrogens is 1. The van der Waals surface area contributed by atoms with E-state index >= 15 is 0 Å². The fourth-order valence-electron chi connectivity index (χ4n) is 2.08. The normalized spacial score (nSPS) is 17.4. The Balaban J connectivity index is 2.11. The third kappa shape index (κ3) is 2.91. The van der Waals surface area contributed by atoms with E-state index in [0.29, 0.717) is 5.82 Å². The topological polar surface area (TPSA) is 28.2 Å². The lowest BCUT2D eigenvalue weighted by Crippen LogP contribution is -2.34. The fraction of sp³-hybridized carbons (Fsp3) is 0.583. The van der Waals surface area contributed by atoms with Gasteiger partial charge in [-0.3, -0.25) is 4.90 Å². The highest BCUT2D eigenvalue weighted by molar-refractivity contribution is 5.35. The van der Waals surface area contributed by atoms with Crippen LogP contribution in [0.5, 0.6) is 0 Å². The molecule has 1 aliphatic rings. The van der Waals surface area contributed by atoms with Crippen molar-refractivity contribution in [2.45, 2.75) is 18.8 Å². The van der Waals surface area contributed by atoms with Crippen LogP contribution in [0.15, 0.2) is 18.2 Å². The van der Waals surface area contributed by atoms with Gasteiger partial charge in [-0.25, -0.2) is 4.98 Å². The van der Waals surface area contributed by atoms with E-state index in [-0.39, 0.29) is 12.2 Å². The molecule has 5 heteroatoms. The minimum atomic E-state index is -2.88. The molecule has 1 N–H and O–H groups in total. The van der Waals surface area contributed by atoms with Crippen molar-refractivity contribution >= 4 is 5.82 Å². The maximum atomic E-state index is 14.0. The molecule has 2 heterocycles. The Hall–Kier alpha value is -1.23. The summed E-state index contributed by atoms with van der Waals surface area (Å²) < 4.78 is 28.0. The second-order valence-electron chi connectivity index (χ2n) is 4.35. The van der Waals surface area contributed by atoms with E-state index in [2.05, 4.69) is 10.3 Å². The first-order chi connectivity index (χ1) is 8.12. The standard InChI is InChI=1S/C12H17F2N3/c1-15-11-6-4-5-10(16-11)12(13,14)9-17-7-2-3-8-17/h4-6H,2-3,7-9H2,1H3,(H,15,16). The number of anilines is 1. The minimum absolute atomic E-state index is 0.156. The van der Waals surface area contributed by atoms with Crippen molar-refractivity contribution in [1.29, 1.82) is 0 Å². The van der Waals surface area contributed by atoms with Crippen molar-refractivity contribution in [1.82, 2.24) is 9.88 Å². The Morgan fingerprint density at radius 3 is 2.71 bits per heavy atom. The van der Waals surface area contributed by atoms with Crippen molar-refractivity contribution in [3.8, 4) is 0 Å². The van der Waals surface area contributed by atoms with Gasteiger partial charge in [0.1, 0.15) is 11.5 Å². The van der Waals surface area contributed by atoms with E-state index in [1.807, 2.05) is 0 Å². The maximum Gasteiger partial charge on any atom is 0.302 e. The summed E-state index contributed by atoms with van der Waals surface area (Å²) in [6.07, 6.45) is 2.03. The summed E-state index contributed by atoms with van der Waals surface area (Å²) in [6.45, 7) is 1.30. The summed E-state index contributed by atoms with van der Waals surface area (Å²) in [5.41, 5.74) is -0.156. The van der Waals surface area contributed by atoms with Gasteiger partial charge >= 0.3 is 5.92 Å². The van der Waals surface area contributed by atoms with E-state index in [9.17, 15) is 8.78 Å². The first-order valence-electron chi connectivity index (χ1n) is 5.87. The van der Waals surface area contributed by atoms with Crippen molar-refractivity contribution in [3.63, 3.8) is 0 Å². The zero-order chi connectivity index (χ0) is 12.3. The average Bonchev–Trinajstić information content (AvgIpc) is 2.81. The van der Waals surface area contributed by atoms with Gasteiger partial charge in [0.2, 0.25) is 0 Å². The monoisotopic (exact) mass is 241 g/mol. The van der Waals surface area contributed by atoms with E-state index in [4.69, 9.17) is 0 Å². The molecule has 0 amide bonds. The average molecular weight is 241 g/mol. The molecule has 1 aromatic rings. The van der Waals surface area contributed by atoms with Crippen molar-refractivity contribution < 1.29 is 8.78 Å². The molecule has 0 bridgehead atoms. The predicted octanol–water partition coefficient (Wildman–Crippen LogP) is 2.31. The number of nitrogens with zero attached hydrogens (tertiary/aromatic N) is 2. The smallest absolute Gasteiger partial charge is 0.302 e. The Morgan fingerprint density at radius 2 is 2.06 bits per heavy atom. The van der Waals surface area contributed by atoms with Crippen LogP contribution >= 0.6 is 0 Å². The van der Waals surface area contributed by atoms with Gasteiger partial charge in [-0.05, 0) is 38.1 Å². The summed E-state index contributed by atoms with van der Waals surface area (Å²) in [4.78, 5) is 5.72. The second kappa shape index (κ2) is 4.96. The molecule has 1 aliphatic heterocycles. The predicted molar refractivity (Wildman–Crippen MR) is 63.4 cm³/mol. The Morgan fingerprint density at radius 1 is 1.35 bits per heavy atom. The lowest BCUT2D eigenvalue weighted by molar-refractivity contribution is -0.0365. The molecule has 0 radical (unpaired) electrons. The summed E-state index contributed by atoms with van der Waals surface area (Å²) in [7, 11) is 1.67. The highest BCUT2D eigenvalue weighted by Crippen LogP contribution is 2.29. The minimum Gasteiger partial charge on any atom is -0.373 e. The molecule has 94 valence electrons. The number of hydrogen-bond donors (Lipinski definition) is 1. The molecule has 0 spiro atoms. The van der Waals surface area contributed by atoms with Gasteiger partial charge in [-0.2, -0.15) is 8.78 Å². The summed E-state index contributed by atoms with van der Waals surface area (Å²) in [6, 6.07) is 4.67. The van der Waals surface area contributed by atoms with Gasteiger partial charge in [0, 0.05) is 7.05 Å². The van der Waals surface area contributed by atoms with Crippen LogP contribution in [0.3, 0.4) is 0 Å². The Bertz CT molecular complexity index is 376. The maximum absolute atomic E-state index is 14.0. The third-order valence-electron chi connectivity index (χ3n) is 3.00. The number of nitrogens with one attached hydrogen (secondary N) is 1. The fourth-order valence-corrected chi connectivity index (χ4v) is 2.08. The van der Waals surface area contributed by atoms with Gasteiger partial charge in [0.15, 0.2) is 0 Å². The van der Waals surface area contributed by atoms with E-state index in [0.717, 1.165) is 25.9 Å². The molecule has 2 rings (SSSR count). The lowest BCUT2D eigenvalue weighted by atomic mass is 10.2. The number of halogens is 2. The van der Waals surface area contributed by atoms with Crippen LogP contribution < -0.4 is 5.32 Å². The van der Waals surface area contributed by atoms with Gasteiger partial charge in [0.05, 0.1) is 6.54 Å². The first kappa shape index (κ1) is 12.2. The van der Waals surface area contributed by atoms with Gasteiger partial charge in [-0.15, -0.1) is 0 Å². The number of rotatable bonds is 4. The lowest BCUT2D eigenvalue weighted by Gasteiger charge is -2.22. The van der Waals surface area contributed by atoms with Crippen molar-refractivity contribution in [2.24, 2.45) is 0 Å². The molecule has 0 unspecified atom stereocenters. The van der Waals surface area contributed by atoms with Gasteiger partial charge in [-0.1, -0.05) is 6.07 Å². The number of pyridine rings is 1. The molecule has 0 saturated carbocycles. The first-order valence-corrected chi connectivity index (χ1v) is 5.87. The number of likely N-dealkylation sites (tertiary alicyclic amines) is 1. The summed E-state index contributed by atoms with van der Waals surface area (Å²) in [5, 5.41) is 2.78. The molecule has 0 aromatic carbocycles. The quantitative estimate of drug-likeness (QED) is 0.876. The highest BCUT2D eigenvalue weighted by atomic mass is 19.3. The Kier molecular flexibility index (Phi) is 3.57. The molecule has 0 aliphatic carbocycles. The van der Waals surface area contributed by atoms with Gasteiger partial charge < -0.3 is 5.32 Å². The van der Waals surface area contributed by atoms with Crippen LogP contribution in [0.2, 0.25) is 0 Å². The molecule has 1 aromatic heterocycles. The second-order valence-corrected chi connectivity index (χ2v) is 4.35. The third-order valence-corrected chi connectivity index (χ3v) is 3.00. The molecule has 1 fully saturated rings. The SMILES string of the molecule is CNc1cccc(C(F)(F)CN2CCCC2)n1. The molecular formula is C12H17F2N3. The van der Waals surface area contributed by atoms with Crippen LogP contribution in [0.25, 0.3) is 0 Å². The van der Waals surface area contributed by atoms with E-state index < -0.39 is 5.92 Å². The molecular weight excluding hydrogens is 224 g/mol. The zero-order valence-electron chi connectivity index (χ0n) is 9.92. The zero-order valence-corrected chi connectivity index (χ0v) is 9.92. The van der Waals surface area contributed by atoms with Crippen LogP contribution in [0, 0.1) is 0 Å². The van der Waals surface area contributed by atoms with Crippen LogP contribution in [0.4, 0.5) is 14.6 Å². The van der Waals surface area contributed by atoms with Crippen LogP contribution in [-0.4, -0.2) is 36.6 Å². The largest absolute Gasteiger partial charge is 0.373 e. The number of hydrogen-bond acceptors (Lipinski definition) is 3. The van der Waals surface area contributed by atoms with Crippen LogP contribution in [0.1, 0.15) is 18.5 Å². The molecule has 0 atom stereocenters. The highest BCUT2D eigenvalue weighted by Gasteiger charge is 2.36. The number of alkyl halides is 2. The molecule has 17 heavy (non-hydrogen) atoms. The molecule has 1 saturated heterocycles. The van der Waals surface area contributed by atoms with E-state index in [1.54, 1.807) is 24.1 Å². The summed E-state index contributed by atoms with van der Waals surface area (Å²) >= 11 is 0.